The maximum atomic E-state index is 11.3. The van der Waals surface area contributed by atoms with E-state index in [-0.39, 0.29) is 13.2 Å². The van der Waals surface area contributed by atoms with Gasteiger partial charge >= 0.3 is 12.3 Å². The summed E-state index contributed by atoms with van der Waals surface area (Å²) in [5, 5.41) is 0. The predicted molar refractivity (Wildman–Crippen MR) is 92.1 cm³/mol. The van der Waals surface area contributed by atoms with Gasteiger partial charge in [-0.05, 0) is 12.8 Å². The molecular formula is C18H34O6. The van der Waals surface area contributed by atoms with Crippen molar-refractivity contribution in [2.75, 3.05) is 26.4 Å². The zero-order valence-electron chi connectivity index (χ0n) is 15.3. The Bertz CT molecular complexity index is 276. The summed E-state index contributed by atoms with van der Waals surface area (Å²) < 4.78 is 19.4. The molecule has 24 heavy (non-hydrogen) atoms. The molecule has 0 spiro atoms. The standard InChI is InChI=1S/C18H34O6/c1-3-5-7-9-11-13-21-17(19)23-15-16-24-18(20)22-14-12-10-8-6-4-2/h3-16H2,1-2H3. The summed E-state index contributed by atoms with van der Waals surface area (Å²) in [6.07, 6.45) is 9.43. The monoisotopic (exact) mass is 346 g/mol. The molecule has 0 unspecified atom stereocenters. The van der Waals surface area contributed by atoms with Gasteiger partial charge in [-0.1, -0.05) is 65.2 Å². The van der Waals surface area contributed by atoms with Crippen molar-refractivity contribution in [3.05, 3.63) is 0 Å². The zero-order chi connectivity index (χ0) is 17.9. The summed E-state index contributed by atoms with van der Waals surface area (Å²) >= 11 is 0. The number of carbonyl (C=O) groups excluding carboxylic acids is 2. The lowest BCUT2D eigenvalue weighted by molar-refractivity contribution is 0.0175. The maximum absolute atomic E-state index is 11.3. The first-order valence-corrected chi connectivity index (χ1v) is 9.29. The molecule has 0 atom stereocenters. The molecule has 0 saturated carbocycles. The fraction of sp³-hybridized carbons (Fsp3) is 0.889. The smallest absolute Gasteiger partial charge is 0.434 e. The first kappa shape index (κ1) is 22.5. The van der Waals surface area contributed by atoms with Crippen LogP contribution in [0.2, 0.25) is 0 Å². The Kier molecular flexibility index (Phi) is 16.8. The molecule has 0 saturated heterocycles. The van der Waals surface area contributed by atoms with Crippen molar-refractivity contribution < 1.29 is 28.5 Å². The Morgan fingerprint density at radius 3 is 1.21 bits per heavy atom. The molecule has 0 aromatic carbocycles. The van der Waals surface area contributed by atoms with E-state index in [0.29, 0.717) is 13.2 Å². The average Bonchev–Trinajstić information content (AvgIpc) is 2.58. The summed E-state index contributed by atoms with van der Waals surface area (Å²) in [5.74, 6) is 0. The van der Waals surface area contributed by atoms with Crippen LogP contribution in [0.25, 0.3) is 0 Å². The fourth-order valence-corrected chi connectivity index (χ4v) is 2.06. The Morgan fingerprint density at radius 1 is 0.500 bits per heavy atom. The first-order chi connectivity index (χ1) is 11.7. The van der Waals surface area contributed by atoms with Gasteiger partial charge in [0, 0.05) is 0 Å². The third-order valence-electron chi connectivity index (χ3n) is 3.46. The van der Waals surface area contributed by atoms with Gasteiger partial charge in [0.1, 0.15) is 13.2 Å². The van der Waals surface area contributed by atoms with Crippen LogP contribution in [0.15, 0.2) is 0 Å². The van der Waals surface area contributed by atoms with Crippen LogP contribution in [-0.2, 0) is 18.9 Å². The van der Waals surface area contributed by atoms with Gasteiger partial charge in [0.2, 0.25) is 0 Å². The molecule has 0 amide bonds. The second-order valence-corrected chi connectivity index (χ2v) is 5.72. The SMILES string of the molecule is CCCCCCCOC(=O)OCCOC(=O)OCCCCCCC. The van der Waals surface area contributed by atoms with E-state index in [1.165, 1.54) is 25.7 Å². The van der Waals surface area contributed by atoms with Crippen molar-refractivity contribution in [3.8, 4) is 0 Å². The van der Waals surface area contributed by atoms with Crippen molar-refractivity contribution in [2.45, 2.75) is 78.1 Å². The highest BCUT2D eigenvalue weighted by Gasteiger charge is 2.06. The quantitative estimate of drug-likeness (QED) is 0.298. The number of carbonyl (C=O) groups is 2. The van der Waals surface area contributed by atoms with E-state index in [1.54, 1.807) is 0 Å². The molecule has 0 aliphatic carbocycles. The average molecular weight is 346 g/mol. The number of rotatable bonds is 15. The van der Waals surface area contributed by atoms with Crippen LogP contribution in [0.3, 0.4) is 0 Å². The molecule has 0 aliphatic heterocycles. The molecule has 0 aromatic heterocycles. The van der Waals surface area contributed by atoms with E-state index in [2.05, 4.69) is 13.8 Å². The summed E-state index contributed by atoms with van der Waals surface area (Å²) in [6, 6.07) is 0. The lowest BCUT2D eigenvalue weighted by atomic mass is 10.2. The van der Waals surface area contributed by atoms with Crippen LogP contribution < -0.4 is 0 Å². The third-order valence-corrected chi connectivity index (χ3v) is 3.46. The lowest BCUT2D eigenvalue weighted by Gasteiger charge is -2.08. The minimum atomic E-state index is -0.724. The van der Waals surface area contributed by atoms with E-state index in [4.69, 9.17) is 18.9 Å². The highest BCUT2D eigenvalue weighted by molar-refractivity contribution is 5.60. The molecule has 0 heterocycles. The van der Waals surface area contributed by atoms with Crippen molar-refractivity contribution in [1.82, 2.24) is 0 Å². The first-order valence-electron chi connectivity index (χ1n) is 9.29. The zero-order valence-corrected chi connectivity index (χ0v) is 15.3. The molecule has 0 N–H and O–H groups in total. The Balaban J connectivity index is 3.31. The van der Waals surface area contributed by atoms with E-state index < -0.39 is 12.3 Å². The van der Waals surface area contributed by atoms with Gasteiger partial charge in [-0.25, -0.2) is 9.59 Å². The van der Waals surface area contributed by atoms with Crippen molar-refractivity contribution >= 4 is 12.3 Å². The van der Waals surface area contributed by atoms with E-state index in [1.807, 2.05) is 0 Å². The van der Waals surface area contributed by atoms with E-state index in [0.717, 1.165) is 38.5 Å². The van der Waals surface area contributed by atoms with Gasteiger partial charge in [-0.3, -0.25) is 0 Å². The highest BCUT2D eigenvalue weighted by atomic mass is 16.7. The minimum absolute atomic E-state index is 0.0275. The van der Waals surface area contributed by atoms with Crippen molar-refractivity contribution in [2.24, 2.45) is 0 Å². The second kappa shape index (κ2) is 17.9. The van der Waals surface area contributed by atoms with E-state index in [9.17, 15) is 9.59 Å². The van der Waals surface area contributed by atoms with Crippen LogP contribution in [0.1, 0.15) is 78.1 Å². The largest absolute Gasteiger partial charge is 0.508 e. The predicted octanol–water partition coefficient (Wildman–Crippen LogP) is 5.23. The molecule has 0 rings (SSSR count). The van der Waals surface area contributed by atoms with Gasteiger partial charge in [0.15, 0.2) is 0 Å². The van der Waals surface area contributed by atoms with E-state index >= 15 is 0 Å². The van der Waals surface area contributed by atoms with Gasteiger partial charge in [0.05, 0.1) is 13.2 Å². The molecule has 6 nitrogen and oxygen atoms in total. The summed E-state index contributed by atoms with van der Waals surface area (Å²) in [6.45, 7) is 4.98. The van der Waals surface area contributed by atoms with Gasteiger partial charge in [0.25, 0.3) is 0 Å². The second-order valence-electron chi connectivity index (χ2n) is 5.72. The number of hydrogen-bond donors (Lipinski definition) is 0. The summed E-state index contributed by atoms with van der Waals surface area (Å²) in [4.78, 5) is 22.5. The molecule has 0 fully saturated rings. The van der Waals surface area contributed by atoms with Crippen LogP contribution in [0, 0.1) is 0 Å². The molecule has 0 bridgehead atoms. The van der Waals surface area contributed by atoms with Crippen LogP contribution in [0.4, 0.5) is 9.59 Å². The third kappa shape index (κ3) is 16.9. The normalized spacial score (nSPS) is 10.2. The lowest BCUT2D eigenvalue weighted by Crippen LogP contribution is -2.16. The Hall–Kier alpha value is -1.46. The minimum Gasteiger partial charge on any atom is -0.434 e. The summed E-state index contributed by atoms with van der Waals surface area (Å²) in [5.41, 5.74) is 0. The molecule has 142 valence electrons. The van der Waals surface area contributed by atoms with Crippen molar-refractivity contribution in [3.63, 3.8) is 0 Å². The fourth-order valence-electron chi connectivity index (χ4n) is 2.06. The van der Waals surface area contributed by atoms with Crippen molar-refractivity contribution in [1.29, 1.82) is 0 Å². The highest BCUT2D eigenvalue weighted by Crippen LogP contribution is 2.03. The van der Waals surface area contributed by atoms with Gasteiger partial charge in [-0.2, -0.15) is 0 Å². The van der Waals surface area contributed by atoms with Gasteiger partial charge < -0.3 is 18.9 Å². The number of ether oxygens (including phenoxy) is 4. The Labute approximate surface area is 146 Å². The van der Waals surface area contributed by atoms with Crippen LogP contribution in [-0.4, -0.2) is 38.7 Å². The Morgan fingerprint density at radius 2 is 0.833 bits per heavy atom. The van der Waals surface area contributed by atoms with Crippen LogP contribution >= 0.6 is 0 Å². The van der Waals surface area contributed by atoms with Gasteiger partial charge in [-0.15, -0.1) is 0 Å². The molecule has 0 radical (unpaired) electrons. The molecule has 6 heteroatoms. The topological polar surface area (TPSA) is 71.1 Å². The summed E-state index contributed by atoms with van der Waals surface area (Å²) in [7, 11) is 0. The molecule has 0 aliphatic rings. The number of unbranched alkanes of at least 4 members (excludes halogenated alkanes) is 8. The van der Waals surface area contributed by atoms with Crippen LogP contribution in [0.5, 0.6) is 0 Å². The number of hydrogen-bond acceptors (Lipinski definition) is 6. The molecular weight excluding hydrogens is 312 g/mol. The maximum Gasteiger partial charge on any atom is 0.508 e. The molecule has 0 aromatic rings.